The van der Waals surface area contributed by atoms with Crippen LogP contribution in [0.1, 0.15) is 45.4 Å². The quantitative estimate of drug-likeness (QED) is 0.493. The highest BCUT2D eigenvalue weighted by Crippen LogP contribution is 2.07. The molecule has 3 nitrogen and oxygen atoms in total. The van der Waals surface area contributed by atoms with Gasteiger partial charge in [0.05, 0.1) is 0 Å². The molecule has 0 bridgehead atoms. The summed E-state index contributed by atoms with van der Waals surface area (Å²) >= 11 is 0. The molecule has 1 rings (SSSR count). The van der Waals surface area contributed by atoms with E-state index in [9.17, 15) is 0 Å². The number of nitrogens with one attached hydrogen (secondary N) is 1. The zero-order valence-electron chi connectivity index (χ0n) is 11.0. The van der Waals surface area contributed by atoms with E-state index in [0.717, 1.165) is 19.0 Å². The van der Waals surface area contributed by atoms with Crippen LogP contribution in [0.3, 0.4) is 0 Å². The monoisotopic (exact) mass is 235 g/mol. The van der Waals surface area contributed by atoms with Gasteiger partial charge in [-0.3, -0.25) is 0 Å². The highest BCUT2D eigenvalue weighted by molar-refractivity contribution is 5.25. The van der Waals surface area contributed by atoms with Crippen molar-refractivity contribution in [1.82, 2.24) is 9.55 Å². The summed E-state index contributed by atoms with van der Waals surface area (Å²) in [7, 11) is 0. The van der Waals surface area contributed by atoms with E-state index in [-0.39, 0.29) is 0 Å². The van der Waals surface area contributed by atoms with Crippen molar-refractivity contribution >= 4 is 5.95 Å². The van der Waals surface area contributed by atoms with Crippen molar-refractivity contribution in [3.05, 3.63) is 25.0 Å². The minimum Gasteiger partial charge on any atom is -0.356 e. The highest BCUT2D eigenvalue weighted by atomic mass is 15.2. The first-order valence-corrected chi connectivity index (χ1v) is 6.74. The number of anilines is 1. The van der Waals surface area contributed by atoms with Crippen molar-refractivity contribution in [2.75, 3.05) is 11.9 Å². The maximum absolute atomic E-state index is 4.29. The Balaban J connectivity index is 2.09. The normalized spacial score (nSPS) is 10.4. The molecule has 0 aliphatic rings. The van der Waals surface area contributed by atoms with Crippen molar-refractivity contribution < 1.29 is 0 Å². The summed E-state index contributed by atoms with van der Waals surface area (Å²) < 4.78 is 2.07. The van der Waals surface area contributed by atoms with Crippen LogP contribution in [0.15, 0.2) is 25.0 Å². The topological polar surface area (TPSA) is 29.9 Å². The van der Waals surface area contributed by atoms with Crippen molar-refractivity contribution in [2.24, 2.45) is 0 Å². The molecule has 0 spiro atoms. The van der Waals surface area contributed by atoms with Crippen LogP contribution >= 0.6 is 0 Å². The Labute approximate surface area is 105 Å². The predicted octanol–water partition coefficient (Wildman–Crippen LogP) is 3.84. The summed E-state index contributed by atoms with van der Waals surface area (Å²) in [6.45, 7) is 7.82. The molecule has 0 saturated carbocycles. The second-order valence-corrected chi connectivity index (χ2v) is 4.39. The van der Waals surface area contributed by atoms with Crippen molar-refractivity contribution in [3.63, 3.8) is 0 Å². The maximum Gasteiger partial charge on any atom is 0.203 e. The summed E-state index contributed by atoms with van der Waals surface area (Å²) in [5.74, 6) is 0.957. The fourth-order valence-corrected chi connectivity index (χ4v) is 1.87. The molecular formula is C14H25N3. The van der Waals surface area contributed by atoms with Gasteiger partial charge in [-0.25, -0.2) is 4.98 Å². The van der Waals surface area contributed by atoms with Crippen LogP contribution in [-0.4, -0.2) is 16.1 Å². The van der Waals surface area contributed by atoms with Gasteiger partial charge in [0.2, 0.25) is 5.95 Å². The summed E-state index contributed by atoms with van der Waals surface area (Å²) in [5.41, 5.74) is 0. The van der Waals surface area contributed by atoms with Gasteiger partial charge in [-0.15, -0.1) is 6.58 Å². The molecule has 3 heteroatoms. The third-order valence-corrected chi connectivity index (χ3v) is 2.85. The molecule has 0 fully saturated rings. The van der Waals surface area contributed by atoms with E-state index in [1.165, 1.54) is 38.5 Å². The van der Waals surface area contributed by atoms with E-state index in [1.807, 2.05) is 18.5 Å². The lowest BCUT2D eigenvalue weighted by Gasteiger charge is -2.07. The maximum atomic E-state index is 4.29. The van der Waals surface area contributed by atoms with E-state index >= 15 is 0 Å². The fraction of sp³-hybridized carbons (Fsp3) is 0.643. The highest BCUT2D eigenvalue weighted by Gasteiger charge is 1.99. The smallest absolute Gasteiger partial charge is 0.203 e. The lowest BCUT2D eigenvalue weighted by molar-refractivity contribution is 0.615. The zero-order valence-corrected chi connectivity index (χ0v) is 11.0. The number of imidazole rings is 1. The molecule has 0 amide bonds. The first-order chi connectivity index (χ1) is 8.38. The Kier molecular flexibility index (Phi) is 7.19. The predicted molar refractivity (Wildman–Crippen MR) is 74.3 cm³/mol. The van der Waals surface area contributed by atoms with Gasteiger partial charge in [0.15, 0.2) is 0 Å². The Morgan fingerprint density at radius 3 is 2.82 bits per heavy atom. The van der Waals surface area contributed by atoms with Crippen molar-refractivity contribution in [1.29, 1.82) is 0 Å². The van der Waals surface area contributed by atoms with Crippen LogP contribution in [0.25, 0.3) is 0 Å². The Morgan fingerprint density at radius 2 is 2.06 bits per heavy atom. The number of rotatable bonds is 10. The third kappa shape index (κ3) is 5.57. The number of nitrogens with zero attached hydrogens (tertiary/aromatic N) is 2. The zero-order chi connectivity index (χ0) is 12.3. The minimum absolute atomic E-state index is 0.818. The Hall–Kier alpha value is -1.25. The van der Waals surface area contributed by atoms with E-state index in [0.29, 0.717) is 0 Å². The number of allylic oxidation sites excluding steroid dienone is 1. The molecule has 0 aliphatic heterocycles. The first kappa shape index (κ1) is 13.8. The van der Waals surface area contributed by atoms with Gasteiger partial charge in [0.1, 0.15) is 0 Å². The molecule has 0 unspecified atom stereocenters. The summed E-state index contributed by atoms with van der Waals surface area (Å²) in [5, 5.41) is 3.37. The molecule has 17 heavy (non-hydrogen) atoms. The first-order valence-electron chi connectivity index (χ1n) is 6.74. The molecule has 1 aromatic heterocycles. The molecule has 96 valence electrons. The van der Waals surface area contributed by atoms with Gasteiger partial charge in [-0.2, -0.15) is 0 Å². The molecule has 0 aliphatic carbocycles. The molecule has 1 aromatic rings. The van der Waals surface area contributed by atoms with Gasteiger partial charge >= 0.3 is 0 Å². The largest absolute Gasteiger partial charge is 0.356 e. The average molecular weight is 235 g/mol. The molecule has 1 heterocycles. The van der Waals surface area contributed by atoms with Crippen LogP contribution in [0.5, 0.6) is 0 Å². The van der Waals surface area contributed by atoms with Crippen LogP contribution in [0.2, 0.25) is 0 Å². The number of unbranched alkanes of at least 4 members (excludes halogenated alkanes) is 5. The van der Waals surface area contributed by atoms with E-state index in [2.05, 4.69) is 28.4 Å². The van der Waals surface area contributed by atoms with E-state index in [4.69, 9.17) is 0 Å². The van der Waals surface area contributed by atoms with Crippen molar-refractivity contribution in [2.45, 2.75) is 52.0 Å². The van der Waals surface area contributed by atoms with Gasteiger partial charge in [-0.05, 0) is 6.42 Å². The van der Waals surface area contributed by atoms with Gasteiger partial charge in [0.25, 0.3) is 0 Å². The van der Waals surface area contributed by atoms with Crippen LogP contribution in [0, 0.1) is 0 Å². The van der Waals surface area contributed by atoms with Crippen LogP contribution in [-0.2, 0) is 6.54 Å². The molecule has 0 radical (unpaired) electrons. The van der Waals surface area contributed by atoms with Crippen LogP contribution in [0.4, 0.5) is 5.95 Å². The standard InChI is InChI=1S/C14H25N3/c1-3-5-6-7-8-9-10-15-14-16-11-13-17(14)12-4-2/h4,11,13H,2-3,5-10,12H2,1H3,(H,15,16). The Bertz CT molecular complexity index is 304. The SMILES string of the molecule is C=CCn1ccnc1NCCCCCCCC. The van der Waals surface area contributed by atoms with Gasteiger partial charge in [0, 0.05) is 25.5 Å². The van der Waals surface area contributed by atoms with Gasteiger partial charge in [-0.1, -0.05) is 45.1 Å². The van der Waals surface area contributed by atoms with E-state index in [1.54, 1.807) is 0 Å². The van der Waals surface area contributed by atoms with Gasteiger partial charge < -0.3 is 9.88 Å². The molecule has 0 aromatic carbocycles. The number of hydrogen-bond acceptors (Lipinski definition) is 2. The number of hydrogen-bond donors (Lipinski definition) is 1. The molecule has 0 atom stereocenters. The molecule has 1 N–H and O–H groups in total. The summed E-state index contributed by atoms with van der Waals surface area (Å²) in [6.07, 6.45) is 13.7. The summed E-state index contributed by atoms with van der Waals surface area (Å²) in [4.78, 5) is 4.29. The van der Waals surface area contributed by atoms with E-state index < -0.39 is 0 Å². The van der Waals surface area contributed by atoms with Crippen molar-refractivity contribution in [3.8, 4) is 0 Å². The fourth-order valence-electron chi connectivity index (χ4n) is 1.87. The lowest BCUT2D eigenvalue weighted by atomic mass is 10.1. The summed E-state index contributed by atoms with van der Waals surface area (Å²) in [6, 6.07) is 0. The second-order valence-electron chi connectivity index (χ2n) is 4.39. The minimum atomic E-state index is 0.818. The Morgan fingerprint density at radius 1 is 1.29 bits per heavy atom. The lowest BCUT2D eigenvalue weighted by Crippen LogP contribution is -2.08. The molecule has 0 saturated heterocycles. The molecular weight excluding hydrogens is 210 g/mol. The average Bonchev–Trinajstić information content (AvgIpc) is 2.76. The van der Waals surface area contributed by atoms with Crippen LogP contribution < -0.4 is 5.32 Å². The third-order valence-electron chi connectivity index (χ3n) is 2.85. The second kappa shape index (κ2) is 8.85. The number of aromatic nitrogens is 2.